The van der Waals surface area contributed by atoms with Gasteiger partial charge in [-0.15, -0.1) is 11.6 Å². The van der Waals surface area contributed by atoms with Crippen LogP contribution in [0.3, 0.4) is 0 Å². The molecule has 5 heteroatoms. The van der Waals surface area contributed by atoms with Gasteiger partial charge in [-0.1, -0.05) is 5.16 Å². The van der Waals surface area contributed by atoms with Crippen molar-refractivity contribution in [3.63, 3.8) is 0 Å². The lowest BCUT2D eigenvalue weighted by atomic mass is 10.2. The van der Waals surface area contributed by atoms with Gasteiger partial charge in [0, 0.05) is 18.4 Å². The smallest absolute Gasteiger partial charge is 0.360 e. The van der Waals surface area contributed by atoms with E-state index in [4.69, 9.17) is 16.1 Å². The van der Waals surface area contributed by atoms with E-state index in [2.05, 4.69) is 9.89 Å². The molecule has 0 saturated carbocycles. The van der Waals surface area contributed by atoms with E-state index < -0.39 is 5.97 Å². The van der Waals surface area contributed by atoms with E-state index >= 15 is 0 Å². The molecule has 0 N–H and O–H groups in total. The molecular formula is C8H10ClNO3. The summed E-state index contributed by atoms with van der Waals surface area (Å²) in [6.07, 6.45) is 1.49. The van der Waals surface area contributed by atoms with Crippen molar-refractivity contribution in [3.8, 4) is 0 Å². The number of hydrogen-bond donors (Lipinski definition) is 0. The molecule has 0 bridgehead atoms. The lowest BCUT2D eigenvalue weighted by molar-refractivity contribution is 0.0589. The normalized spacial score (nSPS) is 10.0. The van der Waals surface area contributed by atoms with Gasteiger partial charge in [0.05, 0.1) is 7.11 Å². The number of esters is 1. The summed E-state index contributed by atoms with van der Waals surface area (Å²) in [6.45, 7) is 0. The topological polar surface area (TPSA) is 52.3 Å². The van der Waals surface area contributed by atoms with Gasteiger partial charge < -0.3 is 9.26 Å². The monoisotopic (exact) mass is 203 g/mol. The Morgan fingerprint density at radius 2 is 2.54 bits per heavy atom. The quantitative estimate of drug-likeness (QED) is 0.551. The minimum Gasteiger partial charge on any atom is -0.464 e. The Morgan fingerprint density at radius 3 is 3.15 bits per heavy atom. The van der Waals surface area contributed by atoms with Gasteiger partial charge in [0.25, 0.3) is 0 Å². The minimum atomic E-state index is -0.485. The molecule has 1 aromatic heterocycles. The molecule has 0 unspecified atom stereocenters. The third kappa shape index (κ3) is 2.73. The second kappa shape index (κ2) is 4.87. The fourth-order valence-corrected chi connectivity index (χ4v) is 1.01. The molecule has 72 valence electrons. The third-order valence-corrected chi connectivity index (χ3v) is 1.78. The number of alkyl halides is 1. The summed E-state index contributed by atoms with van der Waals surface area (Å²) >= 11 is 5.49. The maximum absolute atomic E-state index is 10.9. The highest BCUT2D eigenvalue weighted by Crippen LogP contribution is 2.07. The van der Waals surface area contributed by atoms with Gasteiger partial charge in [-0.3, -0.25) is 0 Å². The Hall–Kier alpha value is -1.03. The summed E-state index contributed by atoms with van der Waals surface area (Å²) in [5.41, 5.74) is 0.201. The Kier molecular flexibility index (Phi) is 3.76. The standard InChI is InChI=1S/C8H10ClNO3/c1-12-8(11)7-5-6(13-10-7)3-2-4-9/h5H,2-4H2,1H3. The molecule has 1 rings (SSSR count). The summed E-state index contributed by atoms with van der Waals surface area (Å²) in [4.78, 5) is 10.9. The van der Waals surface area contributed by atoms with Gasteiger partial charge >= 0.3 is 5.97 Å². The van der Waals surface area contributed by atoms with E-state index in [9.17, 15) is 4.79 Å². The minimum absolute atomic E-state index is 0.201. The average molecular weight is 204 g/mol. The largest absolute Gasteiger partial charge is 0.464 e. The maximum atomic E-state index is 10.9. The predicted octanol–water partition coefficient (Wildman–Crippen LogP) is 1.63. The van der Waals surface area contributed by atoms with Gasteiger partial charge in [-0.25, -0.2) is 4.79 Å². The zero-order chi connectivity index (χ0) is 9.68. The highest BCUT2D eigenvalue weighted by molar-refractivity contribution is 6.17. The number of nitrogens with zero attached hydrogens (tertiary/aromatic N) is 1. The zero-order valence-corrected chi connectivity index (χ0v) is 8.00. The second-order valence-corrected chi connectivity index (χ2v) is 2.84. The summed E-state index contributed by atoms with van der Waals surface area (Å²) in [7, 11) is 1.30. The number of methoxy groups -OCH3 is 1. The first-order valence-electron chi connectivity index (χ1n) is 3.87. The van der Waals surface area contributed by atoms with Crippen molar-refractivity contribution in [1.82, 2.24) is 5.16 Å². The van der Waals surface area contributed by atoms with Crippen LogP contribution < -0.4 is 0 Å². The van der Waals surface area contributed by atoms with Gasteiger partial charge in [0.1, 0.15) is 5.76 Å². The van der Waals surface area contributed by atoms with E-state index in [0.29, 0.717) is 18.1 Å². The van der Waals surface area contributed by atoms with E-state index in [0.717, 1.165) is 6.42 Å². The molecule has 0 amide bonds. The highest BCUT2D eigenvalue weighted by atomic mass is 35.5. The SMILES string of the molecule is COC(=O)c1cc(CCCCl)on1. The van der Waals surface area contributed by atoms with Crippen molar-refractivity contribution in [2.45, 2.75) is 12.8 Å². The van der Waals surface area contributed by atoms with Crippen molar-refractivity contribution < 1.29 is 14.1 Å². The molecule has 4 nitrogen and oxygen atoms in total. The van der Waals surface area contributed by atoms with Crippen LogP contribution in [0.4, 0.5) is 0 Å². The highest BCUT2D eigenvalue weighted by Gasteiger charge is 2.11. The number of carbonyl (C=O) groups is 1. The van der Waals surface area contributed by atoms with Crippen molar-refractivity contribution >= 4 is 17.6 Å². The van der Waals surface area contributed by atoms with Crippen LogP contribution in [0.1, 0.15) is 22.7 Å². The first kappa shape index (κ1) is 10.1. The fraction of sp³-hybridized carbons (Fsp3) is 0.500. The van der Waals surface area contributed by atoms with Crippen molar-refractivity contribution in [2.24, 2.45) is 0 Å². The molecule has 1 heterocycles. The molecule has 0 aliphatic heterocycles. The van der Waals surface area contributed by atoms with Crippen LogP contribution in [0.15, 0.2) is 10.6 Å². The maximum Gasteiger partial charge on any atom is 0.360 e. The molecule has 0 aliphatic carbocycles. The number of aryl methyl sites for hydroxylation is 1. The van der Waals surface area contributed by atoms with Gasteiger partial charge in [-0.2, -0.15) is 0 Å². The van der Waals surface area contributed by atoms with Gasteiger partial charge in [0.2, 0.25) is 0 Å². The molecule has 0 radical (unpaired) electrons. The van der Waals surface area contributed by atoms with E-state index in [-0.39, 0.29) is 5.69 Å². The third-order valence-electron chi connectivity index (χ3n) is 1.51. The lowest BCUT2D eigenvalue weighted by Gasteiger charge is -1.89. The fourth-order valence-electron chi connectivity index (χ4n) is 0.873. The molecule has 0 aromatic carbocycles. The summed E-state index contributed by atoms with van der Waals surface area (Å²) < 4.78 is 9.35. The van der Waals surface area contributed by atoms with Crippen LogP contribution in [0.2, 0.25) is 0 Å². The van der Waals surface area contributed by atoms with E-state index in [1.54, 1.807) is 6.07 Å². The first-order chi connectivity index (χ1) is 6.27. The summed E-state index contributed by atoms with van der Waals surface area (Å²) in [5.74, 6) is 0.732. The van der Waals surface area contributed by atoms with Gasteiger partial charge in [0.15, 0.2) is 5.69 Å². The van der Waals surface area contributed by atoms with Crippen molar-refractivity contribution in [2.75, 3.05) is 13.0 Å². The van der Waals surface area contributed by atoms with Crippen LogP contribution >= 0.6 is 11.6 Å². The number of aromatic nitrogens is 1. The molecule has 0 aliphatic rings. The first-order valence-corrected chi connectivity index (χ1v) is 4.41. The molecule has 0 atom stereocenters. The number of hydrogen-bond acceptors (Lipinski definition) is 4. The van der Waals surface area contributed by atoms with E-state index in [1.807, 2.05) is 0 Å². The molecule has 13 heavy (non-hydrogen) atoms. The van der Waals surface area contributed by atoms with Crippen LogP contribution in [0.25, 0.3) is 0 Å². The number of rotatable bonds is 4. The molecule has 0 fully saturated rings. The van der Waals surface area contributed by atoms with Crippen LogP contribution in [0, 0.1) is 0 Å². The molecule has 1 aromatic rings. The Balaban J connectivity index is 2.58. The summed E-state index contributed by atoms with van der Waals surface area (Å²) in [5, 5.41) is 3.55. The Labute approximate surface area is 80.8 Å². The Morgan fingerprint density at radius 1 is 1.77 bits per heavy atom. The number of halogens is 1. The summed E-state index contributed by atoms with van der Waals surface area (Å²) in [6, 6.07) is 1.57. The average Bonchev–Trinajstić information content (AvgIpc) is 2.62. The second-order valence-electron chi connectivity index (χ2n) is 2.46. The van der Waals surface area contributed by atoms with Crippen LogP contribution in [-0.2, 0) is 11.2 Å². The van der Waals surface area contributed by atoms with Crippen LogP contribution in [-0.4, -0.2) is 24.1 Å². The van der Waals surface area contributed by atoms with E-state index in [1.165, 1.54) is 7.11 Å². The molecule has 0 saturated heterocycles. The van der Waals surface area contributed by atoms with Crippen molar-refractivity contribution in [3.05, 3.63) is 17.5 Å². The Bertz CT molecular complexity index is 285. The predicted molar refractivity (Wildman–Crippen MR) is 46.9 cm³/mol. The molecule has 0 spiro atoms. The van der Waals surface area contributed by atoms with Gasteiger partial charge in [-0.05, 0) is 6.42 Å². The lowest BCUT2D eigenvalue weighted by Crippen LogP contribution is -2.00. The number of ether oxygens (including phenoxy) is 1. The molecular weight excluding hydrogens is 194 g/mol. The van der Waals surface area contributed by atoms with Crippen molar-refractivity contribution in [1.29, 1.82) is 0 Å². The van der Waals surface area contributed by atoms with Crippen LogP contribution in [0.5, 0.6) is 0 Å². The zero-order valence-electron chi connectivity index (χ0n) is 7.25. The number of carbonyl (C=O) groups excluding carboxylic acids is 1.